The molecule has 0 aromatic rings. The minimum Gasteiger partial charge on any atom is -0.319 e. The molecule has 3 heteroatoms. The Morgan fingerprint density at radius 1 is 1.17 bits per heavy atom. The Labute approximate surface area is 104 Å². The van der Waals surface area contributed by atoms with Crippen molar-refractivity contribution in [3.05, 3.63) is 0 Å². The molecule has 0 radical (unpaired) electrons. The van der Waals surface area contributed by atoms with E-state index in [-0.39, 0.29) is 0 Å². The second-order valence-electron chi connectivity index (χ2n) is 3.05. The Balaban J connectivity index is 2.97. The van der Waals surface area contributed by atoms with Crippen molar-refractivity contribution in [2.75, 3.05) is 18.0 Å². The van der Waals surface area contributed by atoms with Gasteiger partial charge in [-0.05, 0) is 24.3 Å². The fraction of sp³-hybridized carbons (Fsp3) is 1.00. The number of rotatable bonds is 8. The molecule has 0 saturated heterocycles. The Morgan fingerprint density at radius 3 is 2.42 bits per heavy atom. The molecule has 0 aromatic carbocycles. The van der Waals surface area contributed by atoms with Gasteiger partial charge in [0.1, 0.15) is 0 Å². The van der Waals surface area contributed by atoms with Gasteiger partial charge in [-0.3, -0.25) is 0 Å². The lowest BCUT2D eigenvalue weighted by atomic mass is 10.1. The Bertz CT molecular complexity index is 88.6. The van der Waals surface area contributed by atoms with Crippen molar-refractivity contribution in [3.8, 4) is 0 Å². The molecule has 0 saturated carbocycles. The van der Waals surface area contributed by atoms with Gasteiger partial charge in [-0.1, -0.05) is 64.4 Å². The lowest BCUT2D eigenvalue weighted by Gasteiger charge is -2.07. The highest BCUT2D eigenvalue weighted by Gasteiger charge is 2.00. The molecule has 1 nitrogen and oxygen atoms in total. The van der Waals surface area contributed by atoms with Crippen LogP contribution in [-0.2, 0) is 0 Å². The van der Waals surface area contributed by atoms with Crippen molar-refractivity contribution in [1.82, 2.24) is 5.32 Å². The number of unbranched alkanes of at least 4 members (excludes halogenated alkanes) is 3. The summed E-state index contributed by atoms with van der Waals surface area (Å²) in [4.78, 5) is 0. The topological polar surface area (TPSA) is 12.0 Å². The molecule has 1 N–H and O–H groups in total. The third-order valence-electron chi connectivity index (χ3n) is 1.83. The Kier molecular flexibility index (Phi) is 11.7. The second-order valence-corrected chi connectivity index (χ2v) is 5.89. The van der Waals surface area contributed by atoms with Crippen LogP contribution in [0.5, 0.6) is 0 Å². The molecule has 0 fully saturated rings. The van der Waals surface area contributed by atoms with Gasteiger partial charge in [0.05, 0.1) is 0 Å². The van der Waals surface area contributed by atoms with E-state index in [1.807, 2.05) is 7.05 Å². The van der Waals surface area contributed by atoms with E-state index in [1.54, 1.807) is 0 Å². The van der Waals surface area contributed by atoms with Gasteiger partial charge in [-0.25, -0.2) is 0 Å². The van der Waals surface area contributed by atoms with Crippen LogP contribution in [0.3, 0.4) is 0 Å². The maximum Gasteiger partial charge on any atom is 0.0234 e. The lowest BCUT2D eigenvalue weighted by molar-refractivity contribution is 0.614. The average molecular weight is 395 g/mol. The van der Waals surface area contributed by atoms with Crippen LogP contribution in [0.15, 0.2) is 0 Å². The number of halogens is 2. The minimum absolute atomic E-state index is 0.826. The fourth-order valence-corrected chi connectivity index (χ4v) is 2.56. The van der Waals surface area contributed by atoms with E-state index >= 15 is 0 Å². The largest absolute Gasteiger partial charge is 0.319 e. The van der Waals surface area contributed by atoms with Crippen LogP contribution in [0.25, 0.3) is 0 Å². The van der Waals surface area contributed by atoms with Crippen LogP contribution in [0.4, 0.5) is 0 Å². The molecule has 0 rings (SSSR count). The van der Waals surface area contributed by atoms with E-state index < -0.39 is 0 Å². The summed E-state index contributed by atoms with van der Waals surface area (Å²) < 4.78 is 2.15. The van der Waals surface area contributed by atoms with Crippen molar-refractivity contribution in [1.29, 1.82) is 0 Å². The molecule has 0 heterocycles. The van der Waals surface area contributed by atoms with E-state index in [2.05, 4.69) is 50.5 Å². The summed E-state index contributed by atoms with van der Waals surface area (Å²) in [5.41, 5.74) is 0. The summed E-state index contributed by atoms with van der Waals surface area (Å²) in [7, 11) is 2.03. The van der Waals surface area contributed by atoms with Gasteiger partial charge in [0.25, 0.3) is 0 Å². The number of hydrogen-bond acceptors (Lipinski definition) is 1. The highest BCUT2D eigenvalue weighted by molar-refractivity contribution is 14.1. The first-order chi connectivity index (χ1) is 5.81. The van der Waals surface area contributed by atoms with Crippen LogP contribution < -0.4 is 5.32 Å². The van der Waals surface area contributed by atoms with Gasteiger partial charge >= 0.3 is 0 Å². The van der Waals surface area contributed by atoms with Crippen molar-refractivity contribution in [2.45, 2.75) is 36.0 Å². The van der Waals surface area contributed by atoms with Gasteiger partial charge in [0, 0.05) is 10.5 Å². The van der Waals surface area contributed by atoms with Crippen LogP contribution >= 0.6 is 45.2 Å². The fourth-order valence-electron chi connectivity index (χ4n) is 1.14. The van der Waals surface area contributed by atoms with Crippen molar-refractivity contribution < 1.29 is 0 Å². The second kappa shape index (κ2) is 10.5. The molecule has 12 heavy (non-hydrogen) atoms. The normalized spacial score (nSPS) is 13.2. The smallest absolute Gasteiger partial charge is 0.0234 e. The SMILES string of the molecule is CNCC(I)CCCCCCI. The molecule has 0 aliphatic heterocycles. The summed E-state index contributed by atoms with van der Waals surface area (Å²) >= 11 is 4.99. The highest BCUT2D eigenvalue weighted by Crippen LogP contribution is 2.11. The Morgan fingerprint density at radius 2 is 1.83 bits per heavy atom. The molecule has 0 amide bonds. The zero-order valence-corrected chi connectivity index (χ0v) is 12.1. The highest BCUT2D eigenvalue weighted by atomic mass is 127. The lowest BCUT2D eigenvalue weighted by Crippen LogP contribution is -2.18. The monoisotopic (exact) mass is 395 g/mol. The molecule has 0 aliphatic carbocycles. The molecule has 0 spiro atoms. The molecular formula is C9H19I2N. The molecule has 0 aromatic heterocycles. The van der Waals surface area contributed by atoms with Crippen LogP contribution in [-0.4, -0.2) is 21.9 Å². The summed E-state index contributed by atoms with van der Waals surface area (Å²) in [6, 6.07) is 0. The van der Waals surface area contributed by atoms with Crippen LogP contribution in [0, 0.1) is 0 Å². The van der Waals surface area contributed by atoms with Crippen LogP contribution in [0.1, 0.15) is 32.1 Å². The van der Waals surface area contributed by atoms with Crippen molar-refractivity contribution >= 4 is 45.2 Å². The third kappa shape index (κ3) is 9.51. The first kappa shape index (κ1) is 13.4. The first-order valence-corrected chi connectivity index (χ1v) is 7.43. The zero-order valence-electron chi connectivity index (χ0n) is 7.78. The number of alkyl halides is 2. The molecule has 0 aliphatic rings. The average Bonchev–Trinajstić information content (AvgIpc) is 2.05. The van der Waals surface area contributed by atoms with Crippen molar-refractivity contribution in [3.63, 3.8) is 0 Å². The van der Waals surface area contributed by atoms with E-state index in [0.717, 1.165) is 10.5 Å². The maximum absolute atomic E-state index is 3.21. The van der Waals surface area contributed by atoms with Crippen molar-refractivity contribution in [2.24, 2.45) is 0 Å². The standard InChI is InChI=1S/C9H19I2N/c1-12-8-9(11)6-4-2-3-5-7-10/h9,12H,2-8H2,1H3. The molecular weight excluding hydrogens is 376 g/mol. The number of nitrogens with one attached hydrogen (secondary N) is 1. The van der Waals surface area contributed by atoms with E-state index in [0.29, 0.717) is 0 Å². The van der Waals surface area contributed by atoms with Gasteiger partial charge in [0.2, 0.25) is 0 Å². The first-order valence-electron chi connectivity index (χ1n) is 4.66. The van der Waals surface area contributed by atoms with Gasteiger partial charge < -0.3 is 5.32 Å². The minimum atomic E-state index is 0.826. The van der Waals surface area contributed by atoms with Crippen LogP contribution in [0.2, 0.25) is 0 Å². The summed E-state index contributed by atoms with van der Waals surface area (Å²) in [5.74, 6) is 0. The van der Waals surface area contributed by atoms with E-state index in [1.165, 1.54) is 36.5 Å². The predicted molar refractivity (Wildman–Crippen MR) is 73.7 cm³/mol. The summed E-state index contributed by atoms with van der Waals surface area (Å²) in [5, 5.41) is 3.21. The molecule has 1 unspecified atom stereocenters. The zero-order chi connectivity index (χ0) is 9.23. The van der Waals surface area contributed by atoms with E-state index in [9.17, 15) is 0 Å². The summed E-state index contributed by atoms with van der Waals surface area (Å²) in [6.45, 7) is 1.16. The number of hydrogen-bond donors (Lipinski definition) is 1. The molecule has 1 atom stereocenters. The van der Waals surface area contributed by atoms with Gasteiger partial charge in [0.15, 0.2) is 0 Å². The maximum atomic E-state index is 3.21. The third-order valence-corrected chi connectivity index (χ3v) is 3.65. The Hall–Kier alpha value is 1.42. The summed E-state index contributed by atoms with van der Waals surface area (Å²) in [6.07, 6.45) is 7.03. The molecule has 74 valence electrons. The quantitative estimate of drug-likeness (QED) is 0.378. The molecule has 0 bridgehead atoms. The van der Waals surface area contributed by atoms with Gasteiger partial charge in [-0.2, -0.15) is 0 Å². The van der Waals surface area contributed by atoms with E-state index in [4.69, 9.17) is 0 Å². The van der Waals surface area contributed by atoms with Gasteiger partial charge in [-0.15, -0.1) is 0 Å². The predicted octanol–water partition coefficient (Wildman–Crippen LogP) is 3.39.